The highest BCUT2D eigenvalue weighted by molar-refractivity contribution is 14.1. The zero-order valence-electron chi connectivity index (χ0n) is 10.6. The lowest BCUT2D eigenvalue weighted by atomic mass is 10.0. The summed E-state index contributed by atoms with van der Waals surface area (Å²) in [7, 11) is 1.95. The van der Waals surface area contributed by atoms with E-state index in [-0.39, 0.29) is 6.04 Å². The molecule has 1 aromatic heterocycles. The highest BCUT2D eigenvalue weighted by Crippen LogP contribution is 2.28. The molecule has 1 atom stereocenters. The van der Waals surface area contributed by atoms with E-state index < -0.39 is 0 Å². The second kappa shape index (κ2) is 6.24. The quantitative estimate of drug-likeness (QED) is 0.648. The first-order valence-electron chi connectivity index (χ1n) is 5.78. The molecule has 102 valence electrons. The van der Waals surface area contributed by atoms with Crippen molar-refractivity contribution in [2.24, 2.45) is 12.8 Å². The first-order valence-corrected chi connectivity index (χ1v) is 8.45. The maximum absolute atomic E-state index is 6.36. The van der Waals surface area contributed by atoms with E-state index in [9.17, 15) is 0 Å². The number of hydrogen-bond donors (Lipinski definition) is 1. The van der Waals surface area contributed by atoms with Crippen LogP contribution in [0, 0.1) is 10.5 Å². The van der Waals surface area contributed by atoms with Crippen molar-refractivity contribution < 1.29 is 0 Å². The molecule has 0 amide bonds. The summed E-state index contributed by atoms with van der Waals surface area (Å²) in [5.74, 6) is 0. The van der Waals surface area contributed by atoms with Crippen molar-refractivity contribution in [3.63, 3.8) is 0 Å². The molecule has 2 rings (SSSR count). The van der Waals surface area contributed by atoms with E-state index in [2.05, 4.69) is 71.7 Å². The molecule has 0 radical (unpaired) electrons. The van der Waals surface area contributed by atoms with Crippen molar-refractivity contribution in [1.82, 2.24) is 9.78 Å². The van der Waals surface area contributed by atoms with Crippen LogP contribution in [-0.2, 0) is 13.5 Å². The Kier molecular flexibility index (Phi) is 5.08. The van der Waals surface area contributed by atoms with Crippen LogP contribution in [0.1, 0.15) is 23.0 Å². The van der Waals surface area contributed by atoms with Crippen LogP contribution in [0.5, 0.6) is 0 Å². The van der Waals surface area contributed by atoms with Gasteiger partial charge in [0.05, 0.1) is 15.9 Å². The zero-order valence-corrected chi connectivity index (χ0v) is 16.0. The minimum absolute atomic E-state index is 0.0458. The van der Waals surface area contributed by atoms with Crippen LogP contribution in [0.4, 0.5) is 0 Å². The average Bonchev–Trinajstić information content (AvgIpc) is 2.59. The molecule has 1 heterocycles. The van der Waals surface area contributed by atoms with E-state index in [0.717, 1.165) is 32.3 Å². The smallest absolute Gasteiger partial charge is 0.0738 e. The number of aromatic nitrogens is 2. The third-order valence-corrected chi connectivity index (χ3v) is 5.54. The molecule has 19 heavy (non-hydrogen) atoms. The Morgan fingerprint density at radius 3 is 2.68 bits per heavy atom. The van der Waals surface area contributed by atoms with Crippen LogP contribution >= 0.6 is 54.5 Å². The fraction of sp³-hybridized carbons (Fsp3) is 0.308. The molecule has 0 saturated carbocycles. The van der Waals surface area contributed by atoms with Crippen molar-refractivity contribution >= 4 is 54.5 Å². The van der Waals surface area contributed by atoms with Crippen LogP contribution in [0.15, 0.2) is 27.1 Å². The Morgan fingerprint density at radius 2 is 2.11 bits per heavy atom. The van der Waals surface area contributed by atoms with Crippen LogP contribution < -0.4 is 5.73 Å². The number of benzene rings is 1. The van der Waals surface area contributed by atoms with Crippen molar-refractivity contribution in [1.29, 1.82) is 0 Å². The van der Waals surface area contributed by atoms with E-state index >= 15 is 0 Å². The fourth-order valence-electron chi connectivity index (χ4n) is 2.02. The van der Waals surface area contributed by atoms with Crippen molar-refractivity contribution in [3.8, 4) is 0 Å². The number of halogens is 3. The molecule has 3 nitrogen and oxygen atoms in total. The third-order valence-electron chi connectivity index (χ3n) is 3.03. The summed E-state index contributed by atoms with van der Waals surface area (Å²) < 4.78 is 5.18. The van der Waals surface area contributed by atoms with Crippen molar-refractivity contribution in [3.05, 3.63) is 47.7 Å². The van der Waals surface area contributed by atoms with Crippen molar-refractivity contribution in [2.45, 2.75) is 19.4 Å². The van der Waals surface area contributed by atoms with Gasteiger partial charge in [0.25, 0.3) is 0 Å². The van der Waals surface area contributed by atoms with Gasteiger partial charge in [-0.2, -0.15) is 5.10 Å². The van der Waals surface area contributed by atoms with E-state index in [1.807, 2.05) is 24.7 Å². The standard InChI is InChI=1S/C13H14Br2IN3/c1-7-13(15)12(19(2)18-7)6-11(17)9-5-8(14)3-4-10(9)16/h3-5,11H,6,17H2,1-2H3. The van der Waals surface area contributed by atoms with Gasteiger partial charge in [0.2, 0.25) is 0 Å². The minimum atomic E-state index is -0.0458. The Morgan fingerprint density at radius 1 is 1.42 bits per heavy atom. The van der Waals surface area contributed by atoms with Crippen molar-refractivity contribution in [2.75, 3.05) is 0 Å². The van der Waals surface area contributed by atoms with Gasteiger partial charge in [-0.25, -0.2) is 0 Å². The molecule has 0 spiro atoms. The Labute approximate surface area is 143 Å². The predicted octanol–water partition coefficient (Wildman–Crippen LogP) is 4.10. The molecule has 0 aliphatic rings. The number of rotatable bonds is 3. The van der Waals surface area contributed by atoms with Gasteiger partial charge < -0.3 is 5.73 Å². The molecule has 1 aromatic carbocycles. The predicted molar refractivity (Wildman–Crippen MR) is 93.1 cm³/mol. The molecule has 0 aliphatic heterocycles. The third kappa shape index (κ3) is 3.40. The van der Waals surface area contributed by atoms with E-state index in [1.165, 1.54) is 3.57 Å². The number of nitrogens with zero attached hydrogens (tertiary/aromatic N) is 2. The first kappa shape index (κ1) is 15.5. The van der Waals surface area contributed by atoms with Gasteiger partial charge in [-0.15, -0.1) is 0 Å². The summed E-state index contributed by atoms with van der Waals surface area (Å²) in [5, 5.41) is 4.40. The van der Waals surface area contributed by atoms with Gasteiger partial charge in [-0.05, 0) is 69.2 Å². The summed E-state index contributed by atoms with van der Waals surface area (Å²) >= 11 is 9.40. The maximum atomic E-state index is 6.36. The van der Waals surface area contributed by atoms with Crippen LogP contribution in [-0.4, -0.2) is 9.78 Å². The Hall–Kier alpha value is 0.0800. The molecule has 2 N–H and O–H groups in total. The number of aryl methyl sites for hydroxylation is 2. The number of nitrogens with two attached hydrogens (primary N) is 1. The summed E-state index contributed by atoms with van der Waals surface area (Å²) in [6.07, 6.45) is 0.754. The molecule has 2 aromatic rings. The molecule has 1 unspecified atom stereocenters. The lowest BCUT2D eigenvalue weighted by molar-refractivity contribution is 0.636. The molecular weight excluding hydrogens is 485 g/mol. The maximum Gasteiger partial charge on any atom is 0.0738 e. The van der Waals surface area contributed by atoms with Gasteiger partial charge in [0.1, 0.15) is 0 Å². The molecule has 0 bridgehead atoms. The van der Waals surface area contributed by atoms with Crippen LogP contribution in [0.2, 0.25) is 0 Å². The normalized spacial score (nSPS) is 12.7. The lowest BCUT2D eigenvalue weighted by Crippen LogP contribution is -2.17. The average molecular weight is 499 g/mol. The van der Waals surface area contributed by atoms with Gasteiger partial charge in [0.15, 0.2) is 0 Å². The number of hydrogen-bond acceptors (Lipinski definition) is 2. The van der Waals surface area contributed by atoms with Gasteiger partial charge in [-0.1, -0.05) is 15.9 Å². The molecule has 6 heteroatoms. The van der Waals surface area contributed by atoms with E-state index in [1.54, 1.807) is 0 Å². The fourth-order valence-corrected chi connectivity index (χ4v) is 3.63. The van der Waals surface area contributed by atoms with Crippen LogP contribution in [0.25, 0.3) is 0 Å². The highest BCUT2D eigenvalue weighted by Gasteiger charge is 2.17. The minimum Gasteiger partial charge on any atom is -0.324 e. The summed E-state index contributed by atoms with van der Waals surface area (Å²) in [6.45, 7) is 1.99. The monoisotopic (exact) mass is 497 g/mol. The van der Waals surface area contributed by atoms with Crippen LogP contribution in [0.3, 0.4) is 0 Å². The summed E-state index contributed by atoms with van der Waals surface area (Å²) in [5.41, 5.74) is 9.63. The lowest BCUT2D eigenvalue weighted by Gasteiger charge is -2.15. The molecule has 0 aliphatic carbocycles. The Balaban J connectivity index is 2.30. The van der Waals surface area contributed by atoms with Gasteiger partial charge in [0, 0.05) is 27.6 Å². The molecule has 0 fully saturated rings. The summed E-state index contributed by atoms with van der Waals surface area (Å²) in [6, 6.07) is 6.14. The SMILES string of the molecule is Cc1nn(C)c(CC(N)c2cc(Br)ccc2I)c1Br. The largest absolute Gasteiger partial charge is 0.324 e. The van der Waals surface area contributed by atoms with E-state index in [4.69, 9.17) is 5.73 Å². The zero-order chi connectivity index (χ0) is 14.2. The van der Waals surface area contributed by atoms with Gasteiger partial charge >= 0.3 is 0 Å². The highest BCUT2D eigenvalue weighted by atomic mass is 127. The topological polar surface area (TPSA) is 43.8 Å². The second-order valence-corrected chi connectivity index (χ2v) is 7.32. The van der Waals surface area contributed by atoms with E-state index in [0.29, 0.717) is 0 Å². The first-order chi connectivity index (χ1) is 8.90. The second-order valence-electron chi connectivity index (χ2n) is 4.45. The summed E-state index contributed by atoms with van der Waals surface area (Å²) in [4.78, 5) is 0. The molecular formula is C13H14Br2IN3. The molecule has 0 saturated heterocycles. The van der Waals surface area contributed by atoms with Gasteiger partial charge in [-0.3, -0.25) is 4.68 Å². The Bertz CT molecular complexity index is 610.